The van der Waals surface area contributed by atoms with Crippen LogP contribution in [0.2, 0.25) is 0 Å². The Bertz CT molecular complexity index is 358. The van der Waals surface area contributed by atoms with Gasteiger partial charge in [0.2, 0.25) is 0 Å². The van der Waals surface area contributed by atoms with Gasteiger partial charge in [-0.25, -0.2) is 0 Å². The topological polar surface area (TPSA) is 15.3 Å². The molecule has 0 amide bonds. The SMILES string of the molecule is CCCC1CCN(c2ccc(C(C)NC)cc2)C1. The summed E-state index contributed by atoms with van der Waals surface area (Å²) < 4.78 is 0. The van der Waals surface area contributed by atoms with Gasteiger partial charge in [-0.05, 0) is 50.4 Å². The highest BCUT2D eigenvalue weighted by molar-refractivity contribution is 5.48. The lowest BCUT2D eigenvalue weighted by atomic mass is 10.0. The van der Waals surface area contributed by atoms with E-state index in [4.69, 9.17) is 0 Å². The Hall–Kier alpha value is -1.02. The number of nitrogens with zero attached hydrogens (tertiary/aromatic N) is 1. The second kappa shape index (κ2) is 6.24. The molecule has 1 fully saturated rings. The number of benzene rings is 1. The maximum Gasteiger partial charge on any atom is 0.0366 e. The van der Waals surface area contributed by atoms with Gasteiger partial charge in [0.1, 0.15) is 0 Å². The second-order valence-electron chi connectivity index (χ2n) is 5.49. The molecule has 1 aliphatic rings. The van der Waals surface area contributed by atoms with Crippen molar-refractivity contribution < 1.29 is 0 Å². The van der Waals surface area contributed by atoms with E-state index in [-0.39, 0.29) is 0 Å². The normalized spacial score (nSPS) is 21.3. The minimum Gasteiger partial charge on any atom is -0.371 e. The Morgan fingerprint density at radius 2 is 2.06 bits per heavy atom. The maximum absolute atomic E-state index is 3.28. The van der Waals surface area contributed by atoms with Crippen molar-refractivity contribution in [3.8, 4) is 0 Å². The van der Waals surface area contributed by atoms with Crippen LogP contribution < -0.4 is 10.2 Å². The van der Waals surface area contributed by atoms with E-state index in [1.165, 1.54) is 43.6 Å². The van der Waals surface area contributed by atoms with Crippen molar-refractivity contribution in [1.29, 1.82) is 0 Å². The standard InChI is InChI=1S/C16H26N2/c1-4-5-14-10-11-18(12-14)16-8-6-15(7-9-16)13(2)17-3/h6-9,13-14,17H,4-5,10-12H2,1-3H3. The zero-order valence-electron chi connectivity index (χ0n) is 11.9. The predicted octanol–water partition coefficient (Wildman–Crippen LogP) is 3.59. The smallest absolute Gasteiger partial charge is 0.0366 e. The molecule has 1 aromatic carbocycles. The molecule has 2 rings (SSSR count). The molecule has 0 aromatic heterocycles. The summed E-state index contributed by atoms with van der Waals surface area (Å²) in [6.45, 7) is 6.96. The van der Waals surface area contributed by atoms with Gasteiger partial charge in [0.15, 0.2) is 0 Å². The zero-order valence-corrected chi connectivity index (χ0v) is 11.9. The molecule has 1 aromatic rings. The predicted molar refractivity (Wildman–Crippen MR) is 79.1 cm³/mol. The van der Waals surface area contributed by atoms with Gasteiger partial charge < -0.3 is 10.2 Å². The molecule has 0 saturated carbocycles. The highest BCUT2D eigenvalue weighted by Gasteiger charge is 2.21. The van der Waals surface area contributed by atoms with Crippen LogP contribution in [-0.2, 0) is 0 Å². The van der Waals surface area contributed by atoms with Crippen molar-refractivity contribution in [2.75, 3.05) is 25.0 Å². The Balaban J connectivity index is 1.98. The van der Waals surface area contributed by atoms with Crippen molar-refractivity contribution in [2.24, 2.45) is 5.92 Å². The third-order valence-corrected chi connectivity index (χ3v) is 4.17. The van der Waals surface area contributed by atoms with Crippen molar-refractivity contribution in [3.05, 3.63) is 29.8 Å². The maximum atomic E-state index is 3.28. The number of hydrogen-bond acceptors (Lipinski definition) is 2. The minimum absolute atomic E-state index is 0.436. The fraction of sp³-hybridized carbons (Fsp3) is 0.625. The number of hydrogen-bond donors (Lipinski definition) is 1. The van der Waals surface area contributed by atoms with Gasteiger partial charge in [-0.2, -0.15) is 0 Å². The van der Waals surface area contributed by atoms with Crippen LogP contribution in [0.4, 0.5) is 5.69 Å². The summed E-state index contributed by atoms with van der Waals surface area (Å²) in [7, 11) is 2.01. The molecule has 2 nitrogen and oxygen atoms in total. The van der Waals surface area contributed by atoms with Crippen LogP contribution in [0.25, 0.3) is 0 Å². The summed E-state index contributed by atoms with van der Waals surface area (Å²) in [5.74, 6) is 0.908. The van der Waals surface area contributed by atoms with Crippen molar-refractivity contribution in [1.82, 2.24) is 5.32 Å². The first-order valence-corrected chi connectivity index (χ1v) is 7.26. The van der Waals surface area contributed by atoms with E-state index >= 15 is 0 Å². The summed E-state index contributed by atoms with van der Waals surface area (Å²) in [5.41, 5.74) is 2.76. The lowest BCUT2D eigenvalue weighted by molar-refractivity contribution is 0.530. The summed E-state index contributed by atoms with van der Waals surface area (Å²) in [6, 6.07) is 9.49. The molecule has 0 aliphatic carbocycles. The van der Waals surface area contributed by atoms with Crippen molar-refractivity contribution in [3.63, 3.8) is 0 Å². The van der Waals surface area contributed by atoms with E-state index in [0.717, 1.165) is 5.92 Å². The Morgan fingerprint density at radius 1 is 1.33 bits per heavy atom. The zero-order chi connectivity index (χ0) is 13.0. The van der Waals surface area contributed by atoms with Crippen LogP contribution in [0.3, 0.4) is 0 Å². The van der Waals surface area contributed by atoms with Crippen molar-refractivity contribution in [2.45, 2.75) is 39.2 Å². The Labute approximate surface area is 111 Å². The molecule has 1 saturated heterocycles. The Kier molecular flexibility index (Phi) is 4.65. The molecular weight excluding hydrogens is 220 g/mol. The third-order valence-electron chi connectivity index (χ3n) is 4.17. The van der Waals surface area contributed by atoms with E-state index in [9.17, 15) is 0 Å². The van der Waals surface area contributed by atoms with Gasteiger partial charge in [-0.1, -0.05) is 25.5 Å². The molecular formula is C16H26N2. The Morgan fingerprint density at radius 3 is 2.67 bits per heavy atom. The van der Waals surface area contributed by atoms with E-state index in [1.807, 2.05) is 7.05 Å². The van der Waals surface area contributed by atoms with Gasteiger partial charge in [0.25, 0.3) is 0 Å². The molecule has 1 heterocycles. The fourth-order valence-electron chi connectivity index (χ4n) is 2.85. The highest BCUT2D eigenvalue weighted by Crippen LogP contribution is 2.27. The molecule has 2 atom stereocenters. The molecule has 18 heavy (non-hydrogen) atoms. The fourth-order valence-corrected chi connectivity index (χ4v) is 2.85. The molecule has 0 bridgehead atoms. The summed E-state index contributed by atoms with van der Waals surface area (Å²) in [6.07, 6.45) is 4.06. The van der Waals surface area contributed by atoms with Gasteiger partial charge in [-0.3, -0.25) is 0 Å². The molecule has 100 valence electrons. The molecule has 2 heteroatoms. The summed E-state index contributed by atoms with van der Waals surface area (Å²) >= 11 is 0. The number of nitrogens with one attached hydrogen (secondary N) is 1. The van der Waals surface area contributed by atoms with Gasteiger partial charge in [-0.15, -0.1) is 0 Å². The van der Waals surface area contributed by atoms with E-state index < -0.39 is 0 Å². The average Bonchev–Trinajstić information content (AvgIpc) is 2.87. The van der Waals surface area contributed by atoms with Crippen LogP contribution in [0.1, 0.15) is 44.7 Å². The van der Waals surface area contributed by atoms with Crippen LogP contribution in [-0.4, -0.2) is 20.1 Å². The van der Waals surface area contributed by atoms with Crippen molar-refractivity contribution >= 4 is 5.69 Å². The van der Waals surface area contributed by atoms with Gasteiger partial charge >= 0.3 is 0 Å². The van der Waals surface area contributed by atoms with E-state index in [2.05, 4.69) is 48.3 Å². The molecule has 1 aliphatic heterocycles. The lowest BCUT2D eigenvalue weighted by Crippen LogP contribution is -2.19. The number of anilines is 1. The first kappa shape index (κ1) is 13.4. The quantitative estimate of drug-likeness (QED) is 0.854. The largest absolute Gasteiger partial charge is 0.371 e. The minimum atomic E-state index is 0.436. The number of rotatable bonds is 5. The molecule has 0 radical (unpaired) electrons. The average molecular weight is 246 g/mol. The first-order valence-electron chi connectivity index (χ1n) is 7.26. The lowest BCUT2D eigenvalue weighted by Gasteiger charge is -2.20. The first-order chi connectivity index (χ1) is 8.74. The monoisotopic (exact) mass is 246 g/mol. The molecule has 2 unspecified atom stereocenters. The second-order valence-corrected chi connectivity index (χ2v) is 5.49. The van der Waals surface area contributed by atoms with Crippen LogP contribution in [0, 0.1) is 5.92 Å². The van der Waals surface area contributed by atoms with Gasteiger partial charge in [0, 0.05) is 24.8 Å². The third kappa shape index (κ3) is 3.05. The van der Waals surface area contributed by atoms with Crippen LogP contribution in [0.15, 0.2) is 24.3 Å². The molecule has 1 N–H and O–H groups in total. The summed E-state index contributed by atoms with van der Waals surface area (Å²) in [5, 5.41) is 3.28. The van der Waals surface area contributed by atoms with Gasteiger partial charge in [0.05, 0.1) is 0 Å². The van der Waals surface area contributed by atoms with Crippen LogP contribution in [0.5, 0.6) is 0 Å². The van der Waals surface area contributed by atoms with Crippen LogP contribution >= 0.6 is 0 Å². The summed E-state index contributed by atoms with van der Waals surface area (Å²) in [4.78, 5) is 2.54. The van der Waals surface area contributed by atoms with E-state index in [1.54, 1.807) is 0 Å². The van der Waals surface area contributed by atoms with E-state index in [0.29, 0.717) is 6.04 Å². The highest BCUT2D eigenvalue weighted by atomic mass is 15.1. The molecule has 0 spiro atoms.